The van der Waals surface area contributed by atoms with Crippen LogP contribution in [0.3, 0.4) is 0 Å². The summed E-state index contributed by atoms with van der Waals surface area (Å²) in [7, 11) is 0. The fourth-order valence-electron chi connectivity index (χ4n) is 2.27. The first-order valence-corrected chi connectivity index (χ1v) is 7.03. The van der Waals surface area contributed by atoms with Crippen molar-refractivity contribution in [3.63, 3.8) is 0 Å². The third-order valence-electron chi connectivity index (χ3n) is 3.88. The maximum Gasteiger partial charge on any atom is 0.387 e. The normalized spacial score (nSPS) is 17.1. The average molecular weight is 335 g/mol. The summed E-state index contributed by atoms with van der Waals surface area (Å²) < 4.78 is 28.8. The highest BCUT2D eigenvalue weighted by atomic mass is 35.5. The molecule has 1 amide bonds. The van der Waals surface area contributed by atoms with Gasteiger partial charge in [-0.25, -0.2) is 0 Å². The summed E-state index contributed by atoms with van der Waals surface area (Å²) in [6.07, 6.45) is 0. The molecule has 0 spiro atoms. The Bertz CT molecular complexity index is 498. The second-order valence-corrected chi connectivity index (χ2v) is 5.39. The third kappa shape index (κ3) is 4.81. The summed E-state index contributed by atoms with van der Waals surface area (Å²) >= 11 is 0. The lowest BCUT2D eigenvalue weighted by molar-refractivity contribution is -0.127. The molecular weight excluding hydrogens is 314 g/mol. The zero-order valence-corrected chi connectivity index (χ0v) is 13.3. The minimum atomic E-state index is -2.85. The first-order chi connectivity index (χ1) is 9.97. The molecule has 1 aliphatic heterocycles. The molecule has 1 heterocycles. The standard InChI is InChI=1S/C15H20F2N2O2.ClH/c1-9(12-7-18-8-12)14(20)19-10(2)11-4-3-5-13(6-11)21-15(16)17;/h3-6,9-10,12,15,18H,7-8H2,1-2H3,(H,19,20);1H. The fraction of sp³-hybridized carbons (Fsp3) is 0.533. The fourth-order valence-corrected chi connectivity index (χ4v) is 2.27. The molecule has 1 saturated heterocycles. The first kappa shape index (κ1) is 18.6. The van der Waals surface area contributed by atoms with Crippen molar-refractivity contribution < 1.29 is 18.3 Å². The van der Waals surface area contributed by atoms with E-state index in [2.05, 4.69) is 15.4 Å². The van der Waals surface area contributed by atoms with Crippen molar-refractivity contribution >= 4 is 18.3 Å². The Labute approximate surface area is 135 Å². The molecule has 7 heteroatoms. The predicted octanol–water partition coefficient (Wildman–Crippen LogP) is 2.74. The molecule has 2 atom stereocenters. The molecule has 1 aliphatic rings. The summed E-state index contributed by atoms with van der Waals surface area (Å²) in [5.41, 5.74) is 0.737. The number of carbonyl (C=O) groups is 1. The van der Waals surface area contributed by atoms with E-state index in [1.54, 1.807) is 12.1 Å². The van der Waals surface area contributed by atoms with Crippen LogP contribution in [0.25, 0.3) is 0 Å². The van der Waals surface area contributed by atoms with Gasteiger partial charge in [-0.3, -0.25) is 4.79 Å². The van der Waals surface area contributed by atoms with Crippen molar-refractivity contribution in [1.29, 1.82) is 0 Å². The number of alkyl halides is 2. The van der Waals surface area contributed by atoms with Crippen LogP contribution in [0.5, 0.6) is 5.75 Å². The lowest BCUT2D eigenvalue weighted by atomic mass is 9.88. The molecule has 1 fully saturated rings. The number of rotatable bonds is 6. The van der Waals surface area contributed by atoms with Gasteiger partial charge in [0.05, 0.1) is 6.04 Å². The van der Waals surface area contributed by atoms with E-state index < -0.39 is 6.61 Å². The molecule has 4 nitrogen and oxygen atoms in total. The van der Waals surface area contributed by atoms with Gasteiger partial charge in [-0.2, -0.15) is 8.78 Å². The van der Waals surface area contributed by atoms with Crippen LogP contribution >= 0.6 is 12.4 Å². The number of carbonyl (C=O) groups excluding carboxylic acids is 1. The Morgan fingerprint density at radius 3 is 2.59 bits per heavy atom. The zero-order valence-electron chi connectivity index (χ0n) is 12.5. The van der Waals surface area contributed by atoms with Crippen molar-refractivity contribution in [3.05, 3.63) is 29.8 Å². The number of hydrogen-bond acceptors (Lipinski definition) is 3. The van der Waals surface area contributed by atoms with Gasteiger partial charge in [0.25, 0.3) is 0 Å². The van der Waals surface area contributed by atoms with Gasteiger partial charge in [0.15, 0.2) is 0 Å². The molecule has 0 bridgehead atoms. The molecule has 124 valence electrons. The van der Waals surface area contributed by atoms with E-state index in [9.17, 15) is 13.6 Å². The van der Waals surface area contributed by atoms with Gasteiger partial charge in [-0.15, -0.1) is 12.4 Å². The van der Waals surface area contributed by atoms with Crippen LogP contribution < -0.4 is 15.4 Å². The number of halogens is 3. The van der Waals surface area contributed by atoms with Crippen LogP contribution in [0.2, 0.25) is 0 Å². The summed E-state index contributed by atoms with van der Waals surface area (Å²) in [4.78, 5) is 12.1. The number of ether oxygens (including phenoxy) is 1. The van der Waals surface area contributed by atoms with Crippen LogP contribution in [0, 0.1) is 11.8 Å². The monoisotopic (exact) mass is 334 g/mol. The summed E-state index contributed by atoms with van der Waals surface area (Å²) in [5, 5.41) is 6.06. The van der Waals surface area contributed by atoms with Crippen LogP contribution in [-0.4, -0.2) is 25.6 Å². The van der Waals surface area contributed by atoms with E-state index in [0.29, 0.717) is 5.92 Å². The molecule has 1 aromatic carbocycles. The Hall–Kier alpha value is -1.40. The molecule has 0 radical (unpaired) electrons. The topological polar surface area (TPSA) is 50.4 Å². The van der Waals surface area contributed by atoms with E-state index in [1.807, 2.05) is 13.8 Å². The summed E-state index contributed by atoms with van der Waals surface area (Å²) in [5.74, 6) is 0.383. The Balaban J connectivity index is 0.00000242. The highest BCUT2D eigenvalue weighted by Crippen LogP contribution is 2.22. The predicted molar refractivity (Wildman–Crippen MR) is 82.4 cm³/mol. The van der Waals surface area contributed by atoms with Crippen LogP contribution in [0.1, 0.15) is 25.5 Å². The smallest absolute Gasteiger partial charge is 0.387 e. The third-order valence-corrected chi connectivity index (χ3v) is 3.88. The van der Waals surface area contributed by atoms with Crippen molar-refractivity contribution in [3.8, 4) is 5.75 Å². The van der Waals surface area contributed by atoms with Gasteiger partial charge in [0.1, 0.15) is 5.75 Å². The Kier molecular flexibility index (Phi) is 7.03. The Morgan fingerprint density at radius 1 is 1.36 bits per heavy atom. The number of hydrogen-bond donors (Lipinski definition) is 2. The van der Waals surface area contributed by atoms with Gasteiger partial charge < -0.3 is 15.4 Å². The number of benzene rings is 1. The maximum absolute atomic E-state index is 12.2. The second kappa shape index (κ2) is 8.29. The van der Waals surface area contributed by atoms with Gasteiger partial charge >= 0.3 is 6.61 Å². The minimum Gasteiger partial charge on any atom is -0.435 e. The molecule has 0 aliphatic carbocycles. The largest absolute Gasteiger partial charge is 0.435 e. The minimum absolute atomic E-state index is 0. The second-order valence-electron chi connectivity index (χ2n) is 5.39. The van der Waals surface area contributed by atoms with Crippen LogP contribution in [-0.2, 0) is 4.79 Å². The molecule has 2 unspecified atom stereocenters. The molecule has 22 heavy (non-hydrogen) atoms. The number of amides is 1. The zero-order chi connectivity index (χ0) is 15.4. The van der Waals surface area contributed by atoms with Crippen LogP contribution in [0.4, 0.5) is 8.78 Å². The van der Waals surface area contributed by atoms with Gasteiger partial charge in [-0.1, -0.05) is 19.1 Å². The summed E-state index contributed by atoms with van der Waals surface area (Å²) in [6, 6.07) is 6.14. The lowest BCUT2D eigenvalue weighted by Crippen LogP contribution is -2.49. The average Bonchev–Trinajstić information content (AvgIpc) is 2.36. The van der Waals surface area contributed by atoms with E-state index in [0.717, 1.165) is 18.7 Å². The lowest BCUT2D eigenvalue weighted by Gasteiger charge is -2.32. The molecular formula is C15H21ClF2N2O2. The Morgan fingerprint density at radius 2 is 2.05 bits per heavy atom. The molecule has 2 rings (SSSR count). The van der Waals surface area contributed by atoms with Crippen molar-refractivity contribution in [2.24, 2.45) is 11.8 Å². The van der Waals surface area contributed by atoms with Crippen LogP contribution in [0.15, 0.2) is 24.3 Å². The maximum atomic E-state index is 12.2. The highest BCUT2D eigenvalue weighted by Gasteiger charge is 2.29. The summed E-state index contributed by atoms with van der Waals surface area (Å²) in [6.45, 7) is 2.60. The molecule has 0 saturated carbocycles. The van der Waals surface area contributed by atoms with E-state index in [1.165, 1.54) is 12.1 Å². The van der Waals surface area contributed by atoms with Gasteiger partial charge in [0.2, 0.25) is 5.91 Å². The highest BCUT2D eigenvalue weighted by molar-refractivity contribution is 5.85. The van der Waals surface area contributed by atoms with Gasteiger partial charge in [-0.05, 0) is 43.6 Å². The van der Waals surface area contributed by atoms with E-state index in [-0.39, 0.29) is 36.0 Å². The van der Waals surface area contributed by atoms with Gasteiger partial charge in [0, 0.05) is 5.92 Å². The molecule has 0 aromatic heterocycles. The first-order valence-electron chi connectivity index (χ1n) is 7.03. The molecule has 1 aromatic rings. The van der Waals surface area contributed by atoms with Crippen molar-refractivity contribution in [2.75, 3.05) is 13.1 Å². The number of nitrogens with one attached hydrogen (secondary N) is 2. The molecule has 2 N–H and O–H groups in total. The van der Waals surface area contributed by atoms with Crippen molar-refractivity contribution in [2.45, 2.75) is 26.5 Å². The quantitative estimate of drug-likeness (QED) is 0.841. The SMILES string of the molecule is CC(NC(=O)C(C)C1CNC1)c1cccc(OC(F)F)c1.Cl. The van der Waals surface area contributed by atoms with Crippen molar-refractivity contribution in [1.82, 2.24) is 10.6 Å². The van der Waals surface area contributed by atoms with E-state index >= 15 is 0 Å². The van der Waals surface area contributed by atoms with E-state index in [4.69, 9.17) is 0 Å².